The van der Waals surface area contributed by atoms with Crippen LogP contribution in [0.4, 0.5) is 5.82 Å². The summed E-state index contributed by atoms with van der Waals surface area (Å²) in [4.78, 5) is 44.1. The summed E-state index contributed by atoms with van der Waals surface area (Å²) >= 11 is 0. The molecule has 4 rings (SSSR count). The molecule has 9 heteroatoms. The Balaban J connectivity index is 1.46. The number of aryl methyl sites for hydroxylation is 1. The molecule has 3 aromatic heterocycles. The minimum Gasteiger partial charge on any atom is -0.355 e. The minimum atomic E-state index is -0.374. The number of H-pyrrole nitrogens is 1. The second-order valence-corrected chi connectivity index (χ2v) is 7.87. The van der Waals surface area contributed by atoms with E-state index >= 15 is 0 Å². The Hall–Kier alpha value is -3.33. The Morgan fingerprint density at radius 3 is 2.52 bits per heavy atom. The maximum absolute atomic E-state index is 12.5. The molecule has 4 heterocycles. The van der Waals surface area contributed by atoms with Crippen molar-refractivity contribution in [3.63, 3.8) is 0 Å². The number of hydrogen-bond donors (Lipinski definition) is 2. The first-order chi connectivity index (χ1) is 14.9. The Kier molecular flexibility index (Phi) is 5.69. The molecule has 0 atom stereocenters. The van der Waals surface area contributed by atoms with Gasteiger partial charge in [-0.15, -0.1) is 0 Å². The molecule has 0 aliphatic carbocycles. The van der Waals surface area contributed by atoms with Gasteiger partial charge in [-0.2, -0.15) is 0 Å². The Morgan fingerprint density at radius 1 is 1.10 bits per heavy atom. The van der Waals surface area contributed by atoms with E-state index in [4.69, 9.17) is 0 Å². The number of anilines is 1. The Morgan fingerprint density at radius 2 is 1.84 bits per heavy atom. The van der Waals surface area contributed by atoms with E-state index in [1.54, 1.807) is 13.1 Å². The zero-order valence-corrected chi connectivity index (χ0v) is 18.1. The fourth-order valence-electron chi connectivity index (χ4n) is 4.16. The lowest BCUT2D eigenvalue weighted by Gasteiger charge is -2.36. The average Bonchev–Trinajstić information content (AvgIpc) is 3.16. The fourth-order valence-corrected chi connectivity index (χ4v) is 4.16. The lowest BCUT2D eigenvalue weighted by Crippen LogP contribution is -2.47. The lowest BCUT2D eigenvalue weighted by atomic mass is 10.2. The summed E-state index contributed by atoms with van der Waals surface area (Å²) in [7, 11) is 3.21. The highest BCUT2D eigenvalue weighted by Gasteiger charge is 2.21. The zero-order chi connectivity index (χ0) is 22.1. The van der Waals surface area contributed by atoms with Crippen LogP contribution in [0.25, 0.3) is 5.65 Å². The van der Waals surface area contributed by atoms with Crippen LogP contribution in [-0.2, 0) is 20.0 Å². The highest BCUT2D eigenvalue weighted by atomic mass is 16.2. The van der Waals surface area contributed by atoms with Crippen molar-refractivity contribution in [1.82, 2.24) is 24.2 Å². The van der Waals surface area contributed by atoms with E-state index in [1.165, 1.54) is 11.6 Å². The summed E-state index contributed by atoms with van der Waals surface area (Å²) in [6.45, 7) is 5.94. The van der Waals surface area contributed by atoms with Crippen LogP contribution in [0.5, 0.6) is 0 Å². The molecular formula is C22H28N6O3. The zero-order valence-electron chi connectivity index (χ0n) is 18.1. The van der Waals surface area contributed by atoms with E-state index in [-0.39, 0.29) is 22.6 Å². The van der Waals surface area contributed by atoms with Gasteiger partial charge >= 0.3 is 0 Å². The van der Waals surface area contributed by atoms with Crippen molar-refractivity contribution in [2.75, 3.05) is 38.1 Å². The predicted molar refractivity (Wildman–Crippen MR) is 120 cm³/mol. The SMILES string of the molecule is CCc1cn2ccc(CN3CCN(c4ccc(C(=O)NC)c(=O)n4C)CC3)c2[nH]c1=O. The number of fused-ring (bicyclic) bond motifs is 1. The molecule has 0 unspecified atom stereocenters. The minimum absolute atomic E-state index is 0.0270. The van der Waals surface area contributed by atoms with Crippen LogP contribution in [0.3, 0.4) is 0 Å². The normalized spacial score (nSPS) is 14.9. The fraction of sp³-hybridized carbons (Fsp3) is 0.409. The third-order valence-electron chi connectivity index (χ3n) is 6.04. The van der Waals surface area contributed by atoms with Gasteiger partial charge in [0.2, 0.25) is 0 Å². The number of aromatic nitrogens is 3. The molecule has 2 N–H and O–H groups in total. The van der Waals surface area contributed by atoms with E-state index in [0.29, 0.717) is 6.42 Å². The van der Waals surface area contributed by atoms with Crippen LogP contribution in [0, 0.1) is 0 Å². The van der Waals surface area contributed by atoms with Gasteiger partial charge in [0.05, 0.1) is 0 Å². The van der Waals surface area contributed by atoms with E-state index < -0.39 is 0 Å². The van der Waals surface area contributed by atoms with Gasteiger partial charge in [-0.05, 0) is 24.6 Å². The smallest absolute Gasteiger partial charge is 0.264 e. The first-order valence-electron chi connectivity index (χ1n) is 10.5. The summed E-state index contributed by atoms with van der Waals surface area (Å²) in [5.41, 5.74) is 2.53. The number of hydrogen-bond acceptors (Lipinski definition) is 5. The van der Waals surface area contributed by atoms with Crippen LogP contribution >= 0.6 is 0 Å². The van der Waals surface area contributed by atoms with E-state index in [2.05, 4.69) is 26.2 Å². The molecule has 0 bridgehead atoms. The molecular weight excluding hydrogens is 396 g/mol. The van der Waals surface area contributed by atoms with Crippen molar-refractivity contribution in [1.29, 1.82) is 0 Å². The molecule has 9 nitrogen and oxygen atoms in total. The second-order valence-electron chi connectivity index (χ2n) is 7.87. The molecule has 0 radical (unpaired) electrons. The molecule has 1 fully saturated rings. The van der Waals surface area contributed by atoms with Crippen LogP contribution in [-0.4, -0.2) is 58.0 Å². The molecule has 1 aliphatic rings. The monoisotopic (exact) mass is 424 g/mol. The van der Waals surface area contributed by atoms with Crippen molar-refractivity contribution in [2.45, 2.75) is 19.9 Å². The number of carbonyl (C=O) groups excluding carboxylic acids is 1. The third kappa shape index (κ3) is 3.88. The number of nitrogens with zero attached hydrogens (tertiary/aromatic N) is 4. The maximum Gasteiger partial charge on any atom is 0.264 e. The number of rotatable bonds is 5. The van der Waals surface area contributed by atoms with Crippen molar-refractivity contribution >= 4 is 17.4 Å². The molecule has 31 heavy (non-hydrogen) atoms. The number of nitrogens with one attached hydrogen (secondary N) is 2. The average molecular weight is 425 g/mol. The molecule has 0 spiro atoms. The summed E-state index contributed by atoms with van der Waals surface area (Å²) in [5.74, 6) is 0.434. The topological polar surface area (TPSA) is 94.8 Å². The highest BCUT2D eigenvalue weighted by Crippen LogP contribution is 2.18. The quantitative estimate of drug-likeness (QED) is 0.625. The summed E-state index contributed by atoms with van der Waals surface area (Å²) in [6, 6.07) is 5.48. The lowest BCUT2D eigenvalue weighted by molar-refractivity contribution is 0.0961. The predicted octanol–water partition coefficient (Wildman–Crippen LogP) is 0.571. The number of aromatic amines is 1. The van der Waals surface area contributed by atoms with Gasteiger partial charge < -0.3 is 19.6 Å². The van der Waals surface area contributed by atoms with Gasteiger partial charge in [0.25, 0.3) is 17.0 Å². The summed E-state index contributed by atoms with van der Waals surface area (Å²) in [6.07, 6.45) is 4.59. The van der Waals surface area contributed by atoms with E-state index in [1.807, 2.05) is 29.8 Å². The first kappa shape index (κ1) is 20.9. The highest BCUT2D eigenvalue weighted by molar-refractivity contribution is 5.93. The largest absolute Gasteiger partial charge is 0.355 e. The first-order valence-corrected chi connectivity index (χ1v) is 10.5. The molecule has 1 saturated heterocycles. The number of piperazine rings is 1. The molecule has 0 saturated carbocycles. The van der Waals surface area contributed by atoms with Gasteiger partial charge in [0, 0.05) is 70.3 Å². The van der Waals surface area contributed by atoms with Crippen molar-refractivity contribution in [3.8, 4) is 0 Å². The molecule has 1 amide bonds. The van der Waals surface area contributed by atoms with Gasteiger partial charge in [0.15, 0.2) is 0 Å². The Labute approximate surface area is 179 Å². The van der Waals surface area contributed by atoms with Crippen LogP contribution < -0.4 is 21.3 Å². The summed E-state index contributed by atoms with van der Waals surface area (Å²) in [5, 5.41) is 2.50. The Bertz CT molecular complexity index is 1230. The molecule has 3 aromatic rings. The third-order valence-corrected chi connectivity index (χ3v) is 6.04. The second kappa shape index (κ2) is 8.43. The van der Waals surface area contributed by atoms with Crippen molar-refractivity contribution in [3.05, 3.63) is 68.0 Å². The van der Waals surface area contributed by atoms with Gasteiger partial charge in [-0.3, -0.25) is 23.9 Å². The van der Waals surface area contributed by atoms with Crippen molar-refractivity contribution in [2.24, 2.45) is 7.05 Å². The molecule has 1 aliphatic heterocycles. The standard InChI is InChI=1S/C22H28N6O3/c1-4-15-14-28-8-7-16(19(28)24-20(15)29)13-26-9-11-27(12-10-26)18-6-5-17(21(30)23-2)22(31)25(18)3/h5-8,14H,4,9-13H2,1-3H3,(H,23,30)(H,24,29). The van der Waals surface area contributed by atoms with Crippen LogP contribution in [0.15, 0.2) is 40.2 Å². The number of carbonyl (C=O) groups is 1. The number of amides is 1. The van der Waals surface area contributed by atoms with Crippen LogP contribution in [0.1, 0.15) is 28.4 Å². The molecule has 164 valence electrons. The van der Waals surface area contributed by atoms with Gasteiger partial charge in [-0.1, -0.05) is 6.92 Å². The van der Waals surface area contributed by atoms with E-state index in [9.17, 15) is 14.4 Å². The van der Waals surface area contributed by atoms with E-state index in [0.717, 1.165) is 55.3 Å². The maximum atomic E-state index is 12.5. The summed E-state index contributed by atoms with van der Waals surface area (Å²) < 4.78 is 3.52. The molecule has 0 aromatic carbocycles. The van der Waals surface area contributed by atoms with Crippen molar-refractivity contribution < 1.29 is 4.79 Å². The number of pyridine rings is 1. The van der Waals surface area contributed by atoms with Gasteiger partial charge in [0.1, 0.15) is 17.0 Å². The van der Waals surface area contributed by atoms with Gasteiger partial charge in [-0.25, -0.2) is 0 Å². The van der Waals surface area contributed by atoms with Crippen LogP contribution in [0.2, 0.25) is 0 Å².